The molecule has 1 amide bonds. The minimum absolute atomic E-state index is 0.0368. The van der Waals surface area contributed by atoms with Gasteiger partial charge in [-0.25, -0.2) is 0 Å². The van der Waals surface area contributed by atoms with Crippen LogP contribution in [0.3, 0.4) is 0 Å². The Kier molecular flexibility index (Phi) is 3.46. The molecule has 1 aromatic rings. The number of ether oxygens (including phenoxy) is 1. The molecule has 86 valence electrons. The van der Waals surface area contributed by atoms with E-state index >= 15 is 0 Å². The summed E-state index contributed by atoms with van der Waals surface area (Å²) in [5.74, 6) is -0.0368. The van der Waals surface area contributed by atoms with Crippen molar-refractivity contribution >= 4 is 17.5 Å². The minimum Gasteiger partial charge on any atom is -0.367 e. The van der Waals surface area contributed by atoms with Gasteiger partial charge in [-0.2, -0.15) is 0 Å². The molecule has 0 radical (unpaired) electrons. The third-order valence-electron chi connectivity index (χ3n) is 2.66. The molecule has 2 atom stereocenters. The summed E-state index contributed by atoms with van der Waals surface area (Å²) in [5.41, 5.74) is 1.15. The van der Waals surface area contributed by atoms with E-state index < -0.39 is 0 Å². The van der Waals surface area contributed by atoms with Crippen molar-refractivity contribution in [1.82, 2.24) is 5.32 Å². The number of benzene rings is 1. The molecular weight excluding hydrogens is 226 g/mol. The van der Waals surface area contributed by atoms with Crippen LogP contribution in [0.15, 0.2) is 24.3 Å². The van der Waals surface area contributed by atoms with Crippen molar-refractivity contribution < 1.29 is 9.53 Å². The SMILES string of the molecule is C[C@@H]1OC[C@H](Cc2ccc(Cl)cc2)NC1=O. The molecule has 1 fully saturated rings. The number of hydrogen-bond donors (Lipinski definition) is 1. The molecule has 16 heavy (non-hydrogen) atoms. The molecule has 0 spiro atoms. The average molecular weight is 240 g/mol. The van der Waals surface area contributed by atoms with Crippen LogP contribution in [0, 0.1) is 0 Å². The van der Waals surface area contributed by atoms with Gasteiger partial charge in [0.15, 0.2) is 0 Å². The summed E-state index contributed by atoms with van der Waals surface area (Å²) in [6, 6.07) is 7.69. The van der Waals surface area contributed by atoms with E-state index in [1.54, 1.807) is 6.92 Å². The lowest BCUT2D eigenvalue weighted by molar-refractivity contribution is -0.139. The first-order valence-electron chi connectivity index (χ1n) is 5.31. The summed E-state index contributed by atoms with van der Waals surface area (Å²) in [6.45, 7) is 2.32. The minimum atomic E-state index is -0.332. The fourth-order valence-corrected chi connectivity index (χ4v) is 1.84. The van der Waals surface area contributed by atoms with Crippen molar-refractivity contribution in [3.63, 3.8) is 0 Å². The highest BCUT2D eigenvalue weighted by molar-refractivity contribution is 6.30. The molecular formula is C12H14ClNO2. The number of carbonyl (C=O) groups is 1. The van der Waals surface area contributed by atoms with Crippen molar-refractivity contribution in [2.45, 2.75) is 25.5 Å². The monoisotopic (exact) mass is 239 g/mol. The van der Waals surface area contributed by atoms with E-state index in [0.29, 0.717) is 6.61 Å². The fourth-order valence-electron chi connectivity index (χ4n) is 1.71. The highest BCUT2D eigenvalue weighted by Gasteiger charge is 2.24. The summed E-state index contributed by atoms with van der Waals surface area (Å²) in [4.78, 5) is 11.4. The molecule has 1 heterocycles. The average Bonchev–Trinajstić information content (AvgIpc) is 2.27. The molecule has 3 nitrogen and oxygen atoms in total. The second-order valence-corrected chi connectivity index (χ2v) is 4.45. The Morgan fingerprint density at radius 2 is 2.12 bits per heavy atom. The van der Waals surface area contributed by atoms with Crippen molar-refractivity contribution in [1.29, 1.82) is 0 Å². The van der Waals surface area contributed by atoms with Crippen LogP contribution in [0.25, 0.3) is 0 Å². The van der Waals surface area contributed by atoms with Crippen LogP contribution in [-0.4, -0.2) is 24.7 Å². The van der Waals surface area contributed by atoms with Crippen LogP contribution in [0.2, 0.25) is 5.02 Å². The number of rotatable bonds is 2. The van der Waals surface area contributed by atoms with Gasteiger partial charge in [0.2, 0.25) is 5.91 Å². The van der Waals surface area contributed by atoms with Crippen LogP contribution in [0.4, 0.5) is 0 Å². The second kappa shape index (κ2) is 4.85. The van der Waals surface area contributed by atoms with E-state index in [2.05, 4.69) is 5.32 Å². The lowest BCUT2D eigenvalue weighted by atomic mass is 10.1. The molecule has 1 aliphatic heterocycles. The summed E-state index contributed by atoms with van der Waals surface area (Å²) < 4.78 is 5.36. The van der Waals surface area contributed by atoms with Gasteiger partial charge in [0, 0.05) is 5.02 Å². The van der Waals surface area contributed by atoms with Crippen LogP contribution in [-0.2, 0) is 16.0 Å². The number of nitrogens with one attached hydrogen (secondary N) is 1. The zero-order chi connectivity index (χ0) is 11.5. The van der Waals surface area contributed by atoms with E-state index in [1.165, 1.54) is 0 Å². The number of carbonyl (C=O) groups excluding carboxylic acids is 1. The maximum absolute atomic E-state index is 11.4. The molecule has 0 aromatic heterocycles. The molecule has 0 bridgehead atoms. The Morgan fingerprint density at radius 1 is 1.44 bits per heavy atom. The van der Waals surface area contributed by atoms with Crippen molar-refractivity contribution in [2.24, 2.45) is 0 Å². The van der Waals surface area contributed by atoms with Gasteiger partial charge >= 0.3 is 0 Å². The number of amides is 1. The molecule has 1 aromatic carbocycles. The molecule has 0 unspecified atom stereocenters. The first-order valence-corrected chi connectivity index (χ1v) is 5.69. The van der Waals surface area contributed by atoms with Gasteiger partial charge in [-0.05, 0) is 31.0 Å². The predicted molar refractivity (Wildman–Crippen MR) is 62.5 cm³/mol. The molecule has 1 aliphatic rings. The van der Waals surface area contributed by atoms with Gasteiger partial charge in [-0.1, -0.05) is 23.7 Å². The summed E-state index contributed by atoms with van der Waals surface area (Å²) in [6.07, 6.45) is 0.441. The zero-order valence-corrected chi connectivity index (χ0v) is 9.83. The van der Waals surface area contributed by atoms with Gasteiger partial charge < -0.3 is 10.1 Å². The van der Waals surface area contributed by atoms with E-state index in [9.17, 15) is 4.79 Å². The molecule has 0 aliphatic carbocycles. The summed E-state index contributed by atoms with van der Waals surface area (Å²) in [5, 5.41) is 3.66. The van der Waals surface area contributed by atoms with Gasteiger partial charge in [0.1, 0.15) is 6.10 Å². The maximum Gasteiger partial charge on any atom is 0.249 e. The Hall–Kier alpha value is -1.06. The maximum atomic E-state index is 11.4. The molecule has 4 heteroatoms. The van der Waals surface area contributed by atoms with Crippen LogP contribution < -0.4 is 5.32 Å². The van der Waals surface area contributed by atoms with Crippen LogP contribution in [0.5, 0.6) is 0 Å². The van der Waals surface area contributed by atoms with Crippen molar-refractivity contribution in [2.75, 3.05) is 6.61 Å². The largest absolute Gasteiger partial charge is 0.367 e. The van der Waals surface area contributed by atoms with Crippen molar-refractivity contribution in [3.05, 3.63) is 34.9 Å². The first-order chi connectivity index (χ1) is 7.65. The quantitative estimate of drug-likeness (QED) is 0.855. The Labute approximate surface area is 99.7 Å². The topological polar surface area (TPSA) is 38.3 Å². The van der Waals surface area contributed by atoms with E-state index in [0.717, 1.165) is 17.0 Å². The van der Waals surface area contributed by atoms with Crippen LogP contribution in [0.1, 0.15) is 12.5 Å². The molecule has 2 rings (SSSR count). The predicted octanol–water partition coefficient (Wildman–Crippen LogP) is 1.79. The second-order valence-electron chi connectivity index (χ2n) is 4.01. The lowest BCUT2D eigenvalue weighted by Crippen LogP contribution is -2.50. The van der Waals surface area contributed by atoms with E-state index in [1.807, 2.05) is 24.3 Å². The highest BCUT2D eigenvalue weighted by atomic mass is 35.5. The number of halogens is 1. The van der Waals surface area contributed by atoms with E-state index in [-0.39, 0.29) is 18.1 Å². The first kappa shape index (κ1) is 11.4. The number of hydrogen-bond acceptors (Lipinski definition) is 2. The Bertz CT molecular complexity index is 377. The lowest BCUT2D eigenvalue weighted by Gasteiger charge is -2.27. The van der Waals surface area contributed by atoms with Gasteiger partial charge in [-0.15, -0.1) is 0 Å². The normalized spacial score (nSPS) is 25.2. The standard InChI is InChI=1S/C12H14ClNO2/c1-8-12(15)14-11(7-16-8)6-9-2-4-10(13)5-3-9/h2-5,8,11H,6-7H2,1H3,(H,14,15)/t8-,11-/m0/s1. The Morgan fingerprint density at radius 3 is 2.75 bits per heavy atom. The number of morpholine rings is 1. The zero-order valence-electron chi connectivity index (χ0n) is 9.07. The smallest absolute Gasteiger partial charge is 0.249 e. The summed E-state index contributed by atoms with van der Waals surface area (Å²) in [7, 11) is 0. The molecule has 0 saturated carbocycles. The van der Waals surface area contributed by atoms with E-state index in [4.69, 9.17) is 16.3 Å². The van der Waals surface area contributed by atoms with Crippen molar-refractivity contribution in [3.8, 4) is 0 Å². The molecule has 1 N–H and O–H groups in total. The van der Waals surface area contributed by atoms with Gasteiger partial charge in [-0.3, -0.25) is 4.79 Å². The van der Waals surface area contributed by atoms with Gasteiger partial charge in [0.05, 0.1) is 12.6 Å². The fraction of sp³-hybridized carbons (Fsp3) is 0.417. The van der Waals surface area contributed by atoms with Crippen LogP contribution >= 0.6 is 11.6 Å². The summed E-state index contributed by atoms with van der Waals surface area (Å²) >= 11 is 5.80. The third kappa shape index (κ3) is 2.74. The third-order valence-corrected chi connectivity index (χ3v) is 2.91. The Balaban J connectivity index is 1.95. The molecule has 1 saturated heterocycles. The van der Waals surface area contributed by atoms with Gasteiger partial charge in [0.25, 0.3) is 0 Å². The highest BCUT2D eigenvalue weighted by Crippen LogP contribution is 2.13.